The molecule has 0 atom stereocenters. The van der Waals surface area contributed by atoms with E-state index in [-0.39, 0.29) is 18.1 Å². The molecule has 0 unspecified atom stereocenters. The van der Waals surface area contributed by atoms with Gasteiger partial charge in [-0.2, -0.15) is 0 Å². The van der Waals surface area contributed by atoms with Crippen molar-refractivity contribution < 1.29 is 17.9 Å². The van der Waals surface area contributed by atoms with E-state index in [0.717, 1.165) is 22.2 Å². The molecule has 1 aromatic carbocycles. The van der Waals surface area contributed by atoms with Gasteiger partial charge in [0, 0.05) is 12.7 Å². The summed E-state index contributed by atoms with van der Waals surface area (Å²) >= 11 is 1.33. The van der Waals surface area contributed by atoms with Gasteiger partial charge in [0.1, 0.15) is 15.6 Å². The fraction of sp³-hybridized carbons (Fsp3) is 0.385. The first-order valence-electron chi connectivity index (χ1n) is 6.38. The minimum atomic E-state index is -3.14. The Kier molecular flexibility index (Phi) is 4.79. The summed E-state index contributed by atoms with van der Waals surface area (Å²) in [5.74, 6) is 0.228. The molecule has 0 radical (unpaired) electrons. The van der Waals surface area contributed by atoms with Gasteiger partial charge in [0.25, 0.3) is 0 Å². The van der Waals surface area contributed by atoms with E-state index in [0.29, 0.717) is 11.7 Å². The lowest BCUT2D eigenvalue weighted by atomic mass is 10.3. The molecule has 8 heteroatoms. The Balaban J connectivity index is 2.07. The number of nitrogens with one attached hydrogen (secondary N) is 1. The van der Waals surface area contributed by atoms with Crippen LogP contribution in [0.3, 0.4) is 0 Å². The molecule has 0 aliphatic carbocycles. The van der Waals surface area contributed by atoms with Crippen LogP contribution in [0.5, 0.6) is 5.75 Å². The Morgan fingerprint density at radius 1 is 1.43 bits per heavy atom. The molecule has 0 saturated heterocycles. The van der Waals surface area contributed by atoms with Crippen molar-refractivity contribution in [2.24, 2.45) is 0 Å². The Morgan fingerprint density at radius 3 is 2.86 bits per heavy atom. The summed E-state index contributed by atoms with van der Waals surface area (Å²) in [5, 5.41) is 3.07. The van der Waals surface area contributed by atoms with E-state index in [4.69, 9.17) is 4.74 Å². The quantitative estimate of drug-likeness (QED) is 0.877. The maximum Gasteiger partial charge on any atom is 0.227 e. The maximum atomic E-state index is 11.7. The predicted octanol–water partition coefficient (Wildman–Crippen LogP) is 2.07. The largest absolute Gasteiger partial charge is 0.494 e. The first-order chi connectivity index (χ1) is 9.87. The number of benzene rings is 1. The maximum absolute atomic E-state index is 11.7. The van der Waals surface area contributed by atoms with Crippen LogP contribution in [0.2, 0.25) is 0 Å². The highest BCUT2D eigenvalue weighted by Gasteiger charge is 2.11. The van der Waals surface area contributed by atoms with Gasteiger partial charge in [-0.1, -0.05) is 11.3 Å². The molecule has 1 amide bonds. The van der Waals surface area contributed by atoms with Gasteiger partial charge >= 0.3 is 0 Å². The van der Waals surface area contributed by atoms with Crippen LogP contribution in [-0.4, -0.2) is 37.9 Å². The van der Waals surface area contributed by atoms with Crippen LogP contribution in [0.1, 0.15) is 13.3 Å². The molecule has 0 aliphatic rings. The number of hydrogen-bond acceptors (Lipinski definition) is 6. The molecular formula is C13H16N2O4S2. The van der Waals surface area contributed by atoms with Crippen molar-refractivity contribution in [3.05, 3.63) is 18.2 Å². The van der Waals surface area contributed by atoms with Gasteiger partial charge in [0.2, 0.25) is 5.91 Å². The van der Waals surface area contributed by atoms with Gasteiger partial charge in [0.15, 0.2) is 5.13 Å². The number of hydrogen-bond donors (Lipinski definition) is 1. The fourth-order valence-corrected chi connectivity index (χ4v) is 3.14. The number of carbonyl (C=O) groups excluding carboxylic acids is 1. The molecule has 2 rings (SSSR count). The second kappa shape index (κ2) is 6.40. The molecule has 114 valence electrons. The van der Waals surface area contributed by atoms with Crippen molar-refractivity contribution in [2.75, 3.05) is 23.9 Å². The summed E-state index contributed by atoms with van der Waals surface area (Å²) < 4.78 is 28.3. The van der Waals surface area contributed by atoms with Gasteiger partial charge in [-0.25, -0.2) is 13.4 Å². The van der Waals surface area contributed by atoms with E-state index in [2.05, 4.69) is 10.3 Å². The van der Waals surface area contributed by atoms with Crippen molar-refractivity contribution in [2.45, 2.75) is 13.3 Å². The van der Waals surface area contributed by atoms with E-state index in [9.17, 15) is 13.2 Å². The molecule has 0 fully saturated rings. The van der Waals surface area contributed by atoms with Crippen molar-refractivity contribution >= 4 is 42.4 Å². The Bertz CT molecular complexity index is 753. The smallest absolute Gasteiger partial charge is 0.227 e. The Labute approximate surface area is 127 Å². The summed E-state index contributed by atoms with van der Waals surface area (Å²) in [6.07, 6.45) is 1.03. The first-order valence-corrected chi connectivity index (χ1v) is 9.26. The zero-order valence-corrected chi connectivity index (χ0v) is 13.4. The van der Waals surface area contributed by atoms with Crippen LogP contribution in [-0.2, 0) is 14.6 Å². The lowest BCUT2D eigenvalue weighted by Gasteiger charge is -2.00. The summed E-state index contributed by atoms with van der Waals surface area (Å²) in [7, 11) is -3.14. The highest BCUT2D eigenvalue weighted by atomic mass is 32.2. The zero-order valence-electron chi connectivity index (χ0n) is 11.8. The van der Waals surface area contributed by atoms with Gasteiger partial charge < -0.3 is 10.1 Å². The number of nitrogens with zero attached hydrogens (tertiary/aromatic N) is 1. The van der Waals surface area contributed by atoms with Crippen LogP contribution in [0.15, 0.2) is 18.2 Å². The molecule has 0 saturated carbocycles. The minimum Gasteiger partial charge on any atom is -0.494 e. The Hall–Kier alpha value is -1.67. The second-order valence-electron chi connectivity index (χ2n) is 4.51. The third kappa shape index (κ3) is 4.68. The number of thiazole rings is 1. The number of anilines is 1. The number of rotatable bonds is 6. The van der Waals surface area contributed by atoms with Crippen molar-refractivity contribution in [3.63, 3.8) is 0 Å². The third-order valence-corrected chi connectivity index (χ3v) is 4.50. The average Bonchev–Trinajstić information content (AvgIpc) is 2.77. The van der Waals surface area contributed by atoms with Crippen molar-refractivity contribution in [3.8, 4) is 5.75 Å². The van der Waals surface area contributed by atoms with Crippen LogP contribution in [0.4, 0.5) is 5.13 Å². The van der Waals surface area contributed by atoms with Crippen LogP contribution < -0.4 is 10.1 Å². The monoisotopic (exact) mass is 328 g/mol. The standard InChI is InChI=1S/C13H16N2O4S2/c1-3-19-9-4-5-10-11(8-9)20-13(14-10)15-12(16)6-7-21(2,17)18/h4-5,8H,3,6-7H2,1-2H3,(H,14,15,16). The highest BCUT2D eigenvalue weighted by molar-refractivity contribution is 7.90. The third-order valence-electron chi connectivity index (χ3n) is 2.62. The minimum absolute atomic E-state index is 0.0705. The molecule has 1 aromatic heterocycles. The summed E-state index contributed by atoms with van der Waals surface area (Å²) in [4.78, 5) is 16.0. The molecule has 0 bridgehead atoms. The van der Waals surface area contributed by atoms with E-state index in [1.165, 1.54) is 11.3 Å². The van der Waals surface area contributed by atoms with Gasteiger partial charge in [-0.3, -0.25) is 4.79 Å². The van der Waals surface area contributed by atoms with Gasteiger partial charge in [-0.15, -0.1) is 0 Å². The second-order valence-corrected chi connectivity index (χ2v) is 7.80. The number of amides is 1. The van der Waals surface area contributed by atoms with Crippen molar-refractivity contribution in [1.29, 1.82) is 0 Å². The normalized spacial score (nSPS) is 11.5. The fourth-order valence-electron chi connectivity index (χ4n) is 1.67. The van der Waals surface area contributed by atoms with Crippen LogP contribution in [0, 0.1) is 0 Å². The molecule has 2 aromatic rings. The van der Waals surface area contributed by atoms with Gasteiger partial charge in [0.05, 0.1) is 22.6 Å². The van der Waals surface area contributed by atoms with E-state index in [1.54, 1.807) is 0 Å². The molecule has 0 spiro atoms. The van der Waals surface area contributed by atoms with E-state index in [1.807, 2.05) is 25.1 Å². The summed E-state index contributed by atoms with van der Waals surface area (Å²) in [5.41, 5.74) is 0.766. The first kappa shape index (κ1) is 15.7. The number of sulfone groups is 1. The molecule has 1 N–H and O–H groups in total. The van der Waals surface area contributed by atoms with Crippen LogP contribution >= 0.6 is 11.3 Å². The number of aromatic nitrogens is 1. The predicted molar refractivity (Wildman–Crippen MR) is 83.7 cm³/mol. The lowest BCUT2D eigenvalue weighted by molar-refractivity contribution is -0.115. The van der Waals surface area contributed by atoms with E-state index < -0.39 is 9.84 Å². The van der Waals surface area contributed by atoms with E-state index >= 15 is 0 Å². The number of ether oxygens (including phenoxy) is 1. The van der Waals surface area contributed by atoms with Crippen molar-refractivity contribution in [1.82, 2.24) is 4.98 Å². The lowest BCUT2D eigenvalue weighted by Crippen LogP contribution is -2.16. The molecule has 6 nitrogen and oxygen atoms in total. The number of carbonyl (C=O) groups is 1. The molecule has 0 aliphatic heterocycles. The molecular weight excluding hydrogens is 312 g/mol. The average molecular weight is 328 g/mol. The number of fused-ring (bicyclic) bond motifs is 1. The van der Waals surface area contributed by atoms with Crippen LogP contribution in [0.25, 0.3) is 10.2 Å². The zero-order chi connectivity index (χ0) is 15.5. The highest BCUT2D eigenvalue weighted by Crippen LogP contribution is 2.29. The Morgan fingerprint density at radius 2 is 2.19 bits per heavy atom. The summed E-state index contributed by atoms with van der Waals surface area (Å²) in [6.45, 7) is 2.49. The molecule has 21 heavy (non-hydrogen) atoms. The topological polar surface area (TPSA) is 85.4 Å². The molecule has 1 heterocycles. The SMILES string of the molecule is CCOc1ccc2nc(NC(=O)CCS(C)(=O)=O)sc2c1. The summed E-state index contributed by atoms with van der Waals surface area (Å²) in [6, 6.07) is 5.51. The van der Waals surface area contributed by atoms with Gasteiger partial charge in [-0.05, 0) is 25.1 Å².